The van der Waals surface area contributed by atoms with Gasteiger partial charge in [0.25, 0.3) is 0 Å². The highest BCUT2D eigenvalue weighted by Crippen LogP contribution is 2.42. The van der Waals surface area contributed by atoms with Gasteiger partial charge in [-0.1, -0.05) is 24.3 Å². The Hall–Kier alpha value is -2.18. The molecule has 0 aliphatic rings. The van der Waals surface area contributed by atoms with Crippen molar-refractivity contribution in [3.05, 3.63) is 53.0 Å². The van der Waals surface area contributed by atoms with Crippen molar-refractivity contribution in [2.75, 3.05) is 7.11 Å². The van der Waals surface area contributed by atoms with Crippen LogP contribution in [0.4, 0.5) is 0 Å². The van der Waals surface area contributed by atoms with Gasteiger partial charge < -0.3 is 9.26 Å². The molecule has 0 saturated heterocycles. The minimum absolute atomic E-state index is 0.0164. The highest BCUT2D eigenvalue weighted by molar-refractivity contribution is 7.46. The number of phosphoric ester groups is 1. The first-order valence-corrected chi connectivity index (χ1v) is 9.26. The first-order valence-electron chi connectivity index (χ1n) is 6.91. The first kappa shape index (κ1) is 16.7. The van der Waals surface area contributed by atoms with Crippen LogP contribution in [0.1, 0.15) is 10.6 Å². The van der Waals surface area contributed by atoms with Gasteiger partial charge in [0.1, 0.15) is 5.01 Å². The average molecular weight is 363 g/mol. The number of phosphoric acid groups is 1. The van der Waals surface area contributed by atoms with E-state index in [1.54, 1.807) is 29.5 Å². The summed E-state index contributed by atoms with van der Waals surface area (Å²) in [6.45, 7) is 0. The summed E-state index contributed by atoms with van der Waals surface area (Å²) in [6.07, 6.45) is 3.64. The van der Waals surface area contributed by atoms with Crippen molar-refractivity contribution in [2.45, 2.75) is 0 Å². The number of hydrogen-bond donors (Lipinski definition) is 2. The molecule has 8 heteroatoms. The molecule has 0 aliphatic heterocycles. The second kappa shape index (κ2) is 6.75. The van der Waals surface area contributed by atoms with Gasteiger partial charge in [0, 0.05) is 0 Å². The lowest BCUT2D eigenvalue weighted by Crippen LogP contribution is -1.94. The summed E-state index contributed by atoms with van der Waals surface area (Å²) in [7, 11) is -3.26. The summed E-state index contributed by atoms with van der Waals surface area (Å²) in [5.41, 5.74) is 1.64. The zero-order chi connectivity index (χ0) is 17.2. The lowest BCUT2D eigenvalue weighted by molar-refractivity contribution is 0.276. The van der Waals surface area contributed by atoms with Gasteiger partial charge >= 0.3 is 7.82 Å². The molecule has 24 heavy (non-hydrogen) atoms. The zero-order valence-corrected chi connectivity index (χ0v) is 14.3. The summed E-state index contributed by atoms with van der Waals surface area (Å²) in [4.78, 5) is 22.4. The summed E-state index contributed by atoms with van der Waals surface area (Å²) in [5.74, 6) is 0.229. The van der Waals surface area contributed by atoms with Crippen LogP contribution in [-0.2, 0) is 4.57 Å². The van der Waals surface area contributed by atoms with Gasteiger partial charge in [-0.2, -0.15) is 0 Å². The monoisotopic (exact) mass is 363 g/mol. The highest BCUT2D eigenvalue weighted by Gasteiger charge is 2.19. The molecule has 0 saturated carbocycles. The molecule has 1 heterocycles. The molecule has 0 aliphatic carbocycles. The van der Waals surface area contributed by atoms with E-state index in [1.165, 1.54) is 13.2 Å². The molecule has 124 valence electrons. The standard InChI is InChI=1S/C16H14NO5PS/c1-21-13-8-6-11(10-14(13)22-23(18,19)20)7-9-16-17-12-4-2-3-5-15(12)24-16/h2-10H,1H3,(H2,18,19,20)/b9-7-. The van der Waals surface area contributed by atoms with Gasteiger partial charge in [-0.3, -0.25) is 9.79 Å². The van der Waals surface area contributed by atoms with E-state index in [2.05, 4.69) is 9.51 Å². The summed E-state index contributed by atoms with van der Waals surface area (Å²) >= 11 is 1.56. The van der Waals surface area contributed by atoms with Crippen molar-refractivity contribution < 1.29 is 23.6 Å². The minimum Gasteiger partial charge on any atom is -0.493 e. The normalized spacial score (nSPS) is 12.0. The number of thiazole rings is 1. The fraction of sp³-hybridized carbons (Fsp3) is 0.0625. The molecule has 3 rings (SSSR count). The Kier molecular flexibility index (Phi) is 4.69. The van der Waals surface area contributed by atoms with Crippen molar-refractivity contribution in [1.29, 1.82) is 0 Å². The number of para-hydroxylation sites is 1. The van der Waals surface area contributed by atoms with Gasteiger partial charge in [-0.15, -0.1) is 11.3 Å². The number of aromatic nitrogens is 1. The molecule has 6 nitrogen and oxygen atoms in total. The van der Waals surface area contributed by atoms with E-state index < -0.39 is 7.82 Å². The van der Waals surface area contributed by atoms with E-state index in [9.17, 15) is 4.57 Å². The van der Waals surface area contributed by atoms with Crippen LogP contribution < -0.4 is 9.26 Å². The van der Waals surface area contributed by atoms with Crippen LogP contribution in [0.25, 0.3) is 22.4 Å². The average Bonchev–Trinajstić information content (AvgIpc) is 2.94. The number of rotatable bonds is 5. The second-order valence-corrected chi connectivity index (χ2v) is 7.07. The predicted molar refractivity (Wildman–Crippen MR) is 94.2 cm³/mol. The van der Waals surface area contributed by atoms with Crippen LogP contribution in [0.15, 0.2) is 42.5 Å². The first-order chi connectivity index (χ1) is 11.4. The highest BCUT2D eigenvalue weighted by atomic mass is 32.1. The van der Waals surface area contributed by atoms with E-state index in [-0.39, 0.29) is 11.5 Å². The lowest BCUT2D eigenvalue weighted by Gasteiger charge is -2.11. The van der Waals surface area contributed by atoms with Crippen molar-refractivity contribution >= 4 is 41.5 Å². The topological polar surface area (TPSA) is 88.9 Å². The Morgan fingerprint density at radius 3 is 2.62 bits per heavy atom. The number of methoxy groups -OCH3 is 1. The van der Waals surface area contributed by atoms with E-state index >= 15 is 0 Å². The quantitative estimate of drug-likeness (QED) is 0.668. The molecule has 1 aromatic heterocycles. The molecular formula is C16H14NO5PS. The van der Waals surface area contributed by atoms with Crippen molar-refractivity contribution in [1.82, 2.24) is 4.98 Å². The van der Waals surface area contributed by atoms with Crippen LogP contribution in [0.3, 0.4) is 0 Å². The van der Waals surface area contributed by atoms with Crippen molar-refractivity contribution in [3.8, 4) is 11.5 Å². The van der Waals surface area contributed by atoms with Gasteiger partial charge in [0.15, 0.2) is 11.5 Å². The SMILES string of the molecule is COc1ccc(/C=C\c2nc3ccccc3s2)cc1OP(=O)(O)O. The second-order valence-electron chi connectivity index (χ2n) is 4.85. The summed E-state index contributed by atoms with van der Waals surface area (Å²) < 4.78 is 21.8. The Morgan fingerprint density at radius 1 is 1.12 bits per heavy atom. The molecule has 3 aromatic rings. The number of nitrogens with zero attached hydrogens (tertiary/aromatic N) is 1. The molecule has 2 aromatic carbocycles. The van der Waals surface area contributed by atoms with E-state index in [1.807, 2.05) is 30.3 Å². The van der Waals surface area contributed by atoms with Gasteiger partial charge in [0.2, 0.25) is 0 Å². The number of benzene rings is 2. The molecule has 0 radical (unpaired) electrons. The molecule has 0 bridgehead atoms. The molecule has 0 spiro atoms. The van der Waals surface area contributed by atoms with Gasteiger partial charge in [-0.25, -0.2) is 9.55 Å². The number of ether oxygens (including phenoxy) is 1. The number of fused-ring (bicyclic) bond motifs is 1. The van der Waals surface area contributed by atoms with Gasteiger partial charge in [0.05, 0.1) is 17.3 Å². The molecule has 2 N–H and O–H groups in total. The van der Waals surface area contributed by atoms with Crippen LogP contribution in [0.2, 0.25) is 0 Å². The molecular weight excluding hydrogens is 349 g/mol. The fourth-order valence-corrected chi connectivity index (χ4v) is 3.39. The Morgan fingerprint density at radius 2 is 1.92 bits per heavy atom. The summed E-state index contributed by atoms with van der Waals surface area (Å²) in [6, 6.07) is 12.7. The Labute approximate surface area is 142 Å². The predicted octanol–water partition coefficient (Wildman–Crippen LogP) is 3.95. The Bertz CT molecular complexity index is 914. The third-order valence-corrected chi connectivity index (χ3v) is 4.57. The molecule has 0 amide bonds. The van der Waals surface area contributed by atoms with Crippen molar-refractivity contribution in [2.24, 2.45) is 0 Å². The Balaban J connectivity index is 1.88. The maximum Gasteiger partial charge on any atom is 0.524 e. The van der Waals surface area contributed by atoms with E-state index in [0.717, 1.165) is 15.2 Å². The van der Waals surface area contributed by atoms with Crippen molar-refractivity contribution in [3.63, 3.8) is 0 Å². The third kappa shape index (κ3) is 4.01. The molecule has 0 unspecified atom stereocenters. The third-order valence-electron chi connectivity index (χ3n) is 3.13. The molecule has 0 fully saturated rings. The maximum atomic E-state index is 11.0. The summed E-state index contributed by atoms with van der Waals surface area (Å²) in [5, 5.41) is 0.837. The minimum atomic E-state index is -4.66. The van der Waals surface area contributed by atoms with Crippen LogP contribution in [0.5, 0.6) is 11.5 Å². The fourth-order valence-electron chi connectivity index (χ4n) is 2.13. The smallest absolute Gasteiger partial charge is 0.493 e. The van der Waals surface area contributed by atoms with Crippen LogP contribution in [-0.4, -0.2) is 21.9 Å². The molecule has 0 atom stereocenters. The van der Waals surface area contributed by atoms with Crippen LogP contribution in [0, 0.1) is 0 Å². The van der Waals surface area contributed by atoms with E-state index in [0.29, 0.717) is 5.56 Å². The maximum absolute atomic E-state index is 11.0. The number of hydrogen-bond acceptors (Lipinski definition) is 5. The van der Waals surface area contributed by atoms with Crippen LogP contribution >= 0.6 is 19.2 Å². The largest absolute Gasteiger partial charge is 0.524 e. The van der Waals surface area contributed by atoms with Gasteiger partial charge in [-0.05, 0) is 35.9 Å². The zero-order valence-electron chi connectivity index (χ0n) is 12.6. The lowest BCUT2D eigenvalue weighted by atomic mass is 10.2. The van der Waals surface area contributed by atoms with E-state index in [4.69, 9.17) is 14.5 Å².